The molecular formula is C11H17NOS2. The summed E-state index contributed by atoms with van der Waals surface area (Å²) in [7, 11) is 1.85. The summed E-state index contributed by atoms with van der Waals surface area (Å²) in [5, 5.41) is 1.88. The minimum Gasteiger partial charge on any atom is -0.336 e. The zero-order valence-electron chi connectivity index (χ0n) is 9.57. The Kier molecular flexibility index (Phi) is 3.84. The first-order valence-electron chi connectivity index (χ1n) is 4.94. The maximum Gasteiger partial charge on any atom is 0.264 e. The van der Waals surface area contributed by atoms with Crippen LogP contribution in [-0.4, -0.2) is 23.4 Å². The zero-order valence-corrected chi connectivity index (χ0v) is 11.3. The lowest BCUT2D eigenvalue weighted by molar-refractivity contribution is 0.0625. The second-order valence-corrected chi connectivity index (χ2v) is 5.63. The van der Waals surface area contributed by atoms with Crippen molar-refractivity contribution in [3.8, 4) is 0 Å². The Morgan fingerprint density at radius 3 is 2.60 bits per heavy atom. The van der Waals surface area contributed by atoms with E-state index < -0.39 is 0 Å². The molecule has 0 aromatic carbocycles. The number of hydrogen-bond donors (Lipinski definition) is 1. The van der Waals surface area contributed by atoms with Crippen molar-refractivity contribution in [2.75, 3.05) is 7.05 Å². The van der Waals surface area contributed by atoms with E-state index in [0.717, 1.165) is 16.2 Å². The number of rotatable bonds is 3. The SMILES string of the molecule is CCC(C)(C)N(C)C(=O)c1cc(S)cs1. The topological polar surface area (TPSA) is 20.3 Å². The first kappa shape index (κ1) is 12.6. The summed E-state index contributed by atoms with van der Waals surface area (Å²) < 4.78 is 0. The minimum absolute atomic E-state index is 0.0761. The van der Waals surface area contributed by atoms with Gasteiger partial charge in [0, 0.05) is 22.9 Å². The van der Waals surface area contributed by atoms with Crippen LogP contribution in [0.1, 0.15) is 36.9 Å². The lowest BCUT2D eigenvalue weighted by Crippen LogP contribution is -2.44. The van der Waals surface area contributed by atoms with Crippen molar-refractivity contribution in [1.29, 1.82) is 0 Å². The fraction of sp³-hybridized carbons (Fsp3) is 0.545. The van der Waals surface area contributed by atoms with Crippen LogP contribution in [0.3, 0.4) is 0 Å². The third-order valence-corrected chi connectivity index (χ3v) is 4.23. The van der Waals surface area contributed by atoms with E-state index in [-0.39, 0.29) is 11.4 Å². The van der Waals surface area contributed by atoms with Crippen LogP contribution in [0.2, 0.25) is 0 Å². The van der Waals surface area contributed by atoms with Crippen molar-refractivity contribution in [2.45, 2.75) is 37.6 Å². The van der Waals surface area contributed by atoms with Crippen LogP contribution in [0.5, 0.6) is 0 Å². The van der Waals surface area contributed by atoms with E-state index in [2.05, 4.69) is 33.4 Å². The van der Waals surface area contributed by atoms with Crippen LogP contribution in [0.4, 0.5) is 0 Å². The number of nitrogens with zero attached hydrogens (tertiary/aromatic N) is 1. The first-order valence-corrected chi connectivity index (χ1v) is 6.27. The van der Waals surface area contributed by atoms with E-state index >= 15 is 0 Å². The minimum atomic E-state index is -0.0994. The molecule has 2 nitrogen and oxygen atoms in total. The molecule has 0 aliphatic heterocycles. The van der Waals surface area contributed by atoms with Crippen molar-refractivity contribution in [3.05, 3.63) is 16.3 Å². The molecule has 1 aromatic rings. The Morgan fingerprint density at radius 2 is 2.20 bits per heavy atom. The van der Waals surface area contributed by atoms with Crippen LogP contribution < -0.4 is 0 Å². The Hall–Kier alpha value is -0.480. The lowest BCUT2D eigenvalue weighted by atomic mass is 10.00. The lowest BCUT2D eigenvalue weighted by Gasteiger charge is -2.34. The van der Waals surface area contributed by atoms with E-state index in [1.54, 1.807) is 4.90 Å². The Balaban J connectivity index is 2.86. The Labute approximate surface area is 101 Å². The third kappa shape index (κ3) is 2.75. The van der Waals surface area contributed by atoms with Gasteiger partial charge in [0.15, 0.2) is 0 Å². The molecule has 0 aliphatic rings. The molecule has 0 saturated heterocycles. The molecule has 0 saturated carbocycles. The van der Waals surface area contributed by atoms with Crippen molar-refractivity contribution >= 4 is 29.9 Å². The number of carbonyl (C=O) groups is 1. The van der Waals surface area contributed by atoms with Crippen molar-refractivity contribution in [2.24, 2.45) is 0 Å². The highest BCUT2D eigenvalue weighted by Gasteiger charge is 2.26. The van der Waals surface area contributed by atoms with Crippen LogP contribution in [0, 0.1) is 0 Å². The van der Waals surface area contributed by atoms with Gasteiger partial charge in [0.05, 0.1) is 4.88 Å². The second kappa shape index (κ2) is 4.58. The number of amides is 1. The van der Waals surface area contributed by atoms with Gasteiger partial charge in [0.1, 0.15) is 0 Å². The molecule has 0 radical (unpaired) electrons. The molecule has 0 atom stereocenters. The average Bonchev–Trinajstić information content (AvgIpc) is 2.62. The summed E-state index contributed by atoms with van der Waals surface area (Å²) >= 11 is 5.65. The fourth-order valence-electron chi connectivity index (χ4n) is 1.12. The maximum absolute atomic E-state index is 12.1. The average molecular weight is 243 g/mol. The van der Waals surface area contributed by atoms with Gasteiger partial charge < -0.3 is 4.90 Å². The molecule has 84 valence electrons. The zero-order chi connectivity index (χ0) is 11.6. The summed E-state index contributed by atoms with van der Waals surface area (Å²) in [6.07, 6.45) is 0.939. The summed E-state index contributed by atoms with van der Waals surface area (Å²) in [6.45, 7) is 6.22. The van der Waals surface area contributed by atoms with Crippen LogP contribution in [-0.2, 0) is 0 Å². The maximum atomic E-state index is 12.1. The molecule has 1 rings (SSSR count). The van der Waals surface area contributed by atoms with E-state index in [1.807, 2.05) is 18.5 Å². The summed E-state index contributed by atoms with van der Waals surface area (Å²) in [4.78, 5) is 15.5. The molecule has 0 unspecified atom stereocenters. The summed E-state index contributed by atoms with van der Waals surface area (Å²) in [5.41, 5.74) is -0.0994. The highest BCUT2D eigenvalue weighted by atomic mass is 32.1. The van der Waals surface area contributed by atoms with Gasteiger partial charge in [-0.15, -0.1) is 24.0 Å². The Bertz CT molecular complexity index is 357. The molecule has 4 heteroatoms. The smallest absolute Gasteiger partial charge is 0.264 e. The van der Waals surface area contributed by atoms with Gasteiger partial charge in [-0.3, -0.25) is 4.79 Å². The second-order valence-electron chi connectivity index (χ2n) is 4.20. The highest BCUT2D eigenvalue weighted by Crippen LogP contribution is 2.23. The van der Waals surface area contributed by atoms with Gasteiger partial charge in [0.2, 0.25) is 0 Å². The van der Waals surface area contributed by atoms with Crippen molar-refractivity contribution in [3.63, 3.8) is 0 Å². The first-order chi connectivity index (χ1) is 6.88. The van der Waals surface area contributed by atoms with Gasteiger partial charge in [-0.25, -0.2) is 0 Å². The molecule has 1 amide bonds. The molecule has 1 aromatic heterocycles. The van der Waals surface area contributed by atoms with Gasteiger partial charge in [-0.1, -0.05) is 6.92 Å². The van der Waals surface area contributed by atoms with Crippen molar-refractivity contribution < 1.29 is 4.79 Å². The molecule has 0 fully saturated rings. The Morgan fingerprint density at radius 1 is 1.60 bits per heavy atom. The number of carbonyl (C=O) groups excluding carboxylic acids is 1. The normalized spacial score (nSPS) is 11.5. The number of thiophene rings is 1. The van der Waals surface area contributed by atoms with E-state index in [4.69, 9.17) is 0 Å². The standard InChI is InChI=1S/C11H17NOS2/c1-5-11(2,3)12(4)10(13)9-6-8(14)7-15-9/h6-7,14H,5H2,1-4H3. The van der Waals surface area contributed by atoms with Crippen LogP contribution >= 0.6 is 24.0 Å². The quantitative estimate of drug-likeness (QED) is 0.808. The number of thiol groups is 1. The molecular weight excluding hydrogens is 226 g/mol. The summed E-state index contributed by atoms with van der Waals surface area (Å²) in [6, 6.07) is 1.82. The fourth-order valence-corrected chi connectivity index (χ4v) is 2.24. The third-order valence-electron chi connectivity index (χ3n) is 2.87. The molecule has 0 N–H and O–H groups in total. The molecule has 15 heavy (non-hydrogen) atoms. The van der Waals surface area contributed by atoms with Crippen LogP contribution in [0.15, 0.2) is 16.3 Å². The molecule has 0 bridgehead atoms. The van der Waals surface area contributed by atoms with Gasteiger partial charge in [-0.05, 0) is 26.3 Å². The van der Waals surface area contributed by atoms with E-state index in [0.29, 0.717) is 0 Å². The predicted octanol–water partition coefficient (Wildman–Crippen LogP) is 3.30. The van der Waals surface area contributed by atoms with Gasteiger partial charge in [0.25, 0.3) is 5.91 Å². The van der Waals surface area contributed by atoms with Crippen LogP contribution in [0.25, 0.3) is 0 Å². The summed E-state index contributed by atoms with van der Waals surface area (Å²) in [5.74, 6) is 0.0761. The van der Waals surface area contributed by atoms with E-state index in [9.17, 15) is 4.79 Å². The van der Waals surface area contributed by atoms with Gasteiger partial charge >= 0.3 is 0 Å². The monoisotopic (exact) mass is 243 g/mol. The largest absolute Gasteiger partial charge is 0.336 e. The molecule has 1 heterocycles. The molecule has 0 spiro atoms. The molecule has 0 aliphatic carbocycles. The van der Waals surface area contributed by atoms with E-state index in [1.165, 1.54) is 11.3 Å². The predicted molar refractivity (Wildman–Crippen MR) is 68.0 cm³/mol. The number of hydrogen-bond acceptors (Lipinski definition) is 3. The van der Waals surface area contributed by atoms with Gasteiger partial charge in [-0.2, -0.15) is 0 Å². The highest BCUT2D eigenvalue weighted by molar-refractivity contribution is 7.80. The van der Waals surface area contributed by atoms with Crippen molar-refractivity contribution in [1.82, 2.24) is 4.90 Å².